The molecule has 1 aliphatic rings. The minimum absolute atomic E-state index is 0.170. The Kier molecular flexibility index (Phi) is 5.15. The molecular weight excluding hydrogens is 302 g/mol. The molecule has 0 unspecified atom stereocenters. The molecule has 2 atom stereocenters. The van der Waals surface area contributed by atoms with Gasteiger partial charge in [-0.2, -0.15) is 4.98 Å². The lowest BCUT2D eigenvalue weighted by atomic mass is 9.91. The van der Waals surface area contributed by atoms with Crippen LogP contribution in [0.5, 0.6) is 5.75 Å². The molecule has 0 radical (unpaired) electrons. The van der Waals surface area contributed by atoms with Gasteiger partial charge in [-0.05, 0) is 49.6 Å². The van der Waals surface area contributed by atoms with Crippen molar-refractivity contribution >= 4 is 17.5 Å². The number of benzene rings is 1. The molecule has 6 nitrogen and oxygen atoms in total. The zero-order chi connectivity index (χ0) is 16.9. The fourth-order valence-corrected chi connectivity index (χ4v) is 3.11. The Bertz CT molecular complexity index is 691. The summed E-state index contributed by atoms with van der Waals surface area (Å²) in [6.45, 7) is 2.02. The van der Waals surface area contributed by atoms with Crippen molar-refractivity contribution in [2.24, 2.45) is 5.73 Å². The summed E-state index contributed by atoms with van der Waals surface area (Å²) in [6, 6.07) is 8.22. The molecule has 0 saturated heterocycles. The fraction of sp³-hybridized carbons (Fsp3) is 0.444. The Hall–Kier alpha value is -2.34. The first-order valence-corrected chi connectivity index (χ1v) is 8.42. The van der Waals surface area contributed by atoms with Gasteiger partial charge in [0.05, 0.1) is 7.11 Å². The molecule has 128 valence electrons. The van der Waals surface area contributed by atoms with Crippen LogP contribution in [0.15, 0.2) is 30.5 Å². The van der Waals surface area contributed by atoms with E-state index in [0.29, 0.717) is 5.95 Å². The highest BCUT2D eigenvalue weighted by molar-refractivity contribution is 5.59. The molecule has 1 fully saturated rings. The predicted molar refractivity (Wildman–Crippen MR) is 96.9 cm³/mol. The van der Waals surface area contributed by atoms with Crippen LogP contribution in [0.2, 0.25) is 0 Å². The van der Waals surface area contributed by atoms with Gasteiger partial charge in [-0.3, -0.25) is 0 Å². The summed E-state index contributed by atoms with van der Waals surface area (Å²) >= 11 is 0. The SMILES string of the molecule is COc1ccc(Nc2ccnc(N[C@H]3CCCC[C@H]3N)n2)cc1C. The molecule has 3 rings (SSSR count). The second kappa shape index (κ2) is 7.49. The van der Waals surface area contributed by atoms with Gasteiger partial charge in [0.2, 0.25) is 5.95 Å². The summed E-state index contributed by atoms with van der Waals surface area (Å²) in [4.78, 5) is 8.87. The first-order valence-electron chi connectivity index (χ1n) is 8.42. The number of nitrogens with two attached hydrogens (primary N) is 1. The van der Waals surface area contributed by atoms with E-state index in [9.17, 15) is 0 Å². The summed E-state index contributed by atoms with van der Waals surface area (Å²) in [7, 11) is 1.67. The van der Waals surface area contributed by atoms with Crippen LogP contribution in [-0.2, 0) is 0 Å². The molecule has 1 aromatic carbocycles. The van der Waals surface area contributed by atoms with Crippen LogP contribution in [0.3, 0.4) is 0 Å². The molecule has 0 bridgehead atoms. The first-order chi connectivity index (χ1) is 11.7. The van der Waals surface area contributed by atoms with Crippen molar-refractivity contribution in [3.05, 3.63) is 36.0 Å². The van der Waals surface area contributed by atoms with Crippen molar-refractivity contribution in [2.75, 3.05) is 17.7 Å². The molecule has 0 amide bonds. The minimum atomic E-state index is 0.170. The highest BCUT2D eigenvalue weighted by Crippen LogP contribution is 2.24. The van der Waals surface area contributed by atoms with Crippen LogP contribution in [0.25, 0.3) is 0 Å². The van der Waals surface area contributed by atoms with Crippen LogP contribution in [-0.4, -0.2) is 29.2 Å². The molecule has 0 aliphatic heterocycles. The minimum Gasteiger partial charge on any atom is -0.496 e. The highest BCUT2D eigenvalue weighted by Gasteiger charge is 2.22. The van der Waals surface area contributed by atoms with Crippen LogP contribution >= 0.6 is 0 Å². The molecule has 4 N–H and O–H groups in total. The first kappa shape index (κ1) is 16.5. The second-order valence-corrected chi connectivity index (χ2v) is 6.27. The van der Waals surface area contributed by atoms with Gasteiger partial charge >= 0.3 is 0 Å². The van der Waals surface area contributed by atoms with Crippen molar-refractivity contribution in [3.63, 3.8) is 0 Å². The number of aromatic nitrogens is 2. The van der Waals surface area contributed by atoms with E-state index in [2.05, 4.69) is 20.6 Å². The van der Waals surface area contributed by atoms with Crippen LogP contribution in [0.4, 0.5) is 17.5 Å². The van der Waals surface area contributed by atoms with E-state index in [4.69, 9.17) is 10.5 Å². The largest absolute Gasteiger partial charge is 0.496 e. The standard InChI is InChI=1S/C18H25N5O/c1-12-11-13(7-8-16(12)24-2)21-17-9-10-20-18(23-17)22-15-6-4-3-5-14(15)19/h7-11,14-15H,3-6,19H2,1-2H3,(H2,20,21,22,23)/t14-,15+/m1/s1. The summed E-state index contributed by atoms with van der Waals surface area (Å²) in [5.74, 6) is 2.24. The van der Waals surface area contributed by atoms with Gasteiger partial charge in [0.1, 0.15) is 11.6 Å². The molecule has 24 heavy (non-hydrogen) atoms. The third kappa shape index (κ3) is 3.94. The van der Waals surface area contributed by atoms with Crippen molar-refractivity contribution < 1.29 is 4.74 Å². The van der Waals surface area contributed by atoms with Crippen molar-refractivity contribution in [3.8, 4) is 5.75 Å². The normalized spacial score (nSPS) is 20.5. The van der Waals surface area contributed by atoms with E-state index in [1.807, 2.05) is 31.2 Å². The van der Waals surface area contributed by atoms with Crippen LogP contribution in [0.1, 0.15) is 31.2 Å². The molecule has 1 saturated carbocycles. The highest BCUT2D eigenvalue weighted by atomic mass is 16.5. The Morgan fingerprint density at radius 3 is 2.79 bits per heavy atom. The van der Waals surface area contributed by atoms with Crippen molar-refractivity contribution in [2.45, 2.75) is 44.7 Å². The lowest BCUT2D eigenvalue weighted by Gasteiger charge is -2.29. The lowest BCUT2D eigenvalue weighted by Crippen LogP contribution is -2.42. The molecule has 2 aromatic rings. The van der Waals surface area contributed by atoms with E-state index in [-0.39, 0.29) is 12.1 Å². The maximum absolute atomic E-state index is 6.19. The third-order valence-corrected chi connectivity index (χ3v) is 4.46. The lowest BCUT2D eigenvalue weighted by molar-refractivity contribution is 0.402. The Labute approximate surface area is 142 Å². The number of hydrogen-bond donors (Lipinski definition) is 3. The van der Waals surface area contributed by atoms with Gasteiger partial charge in [0.15, 0.2) is 0 Å². The Balaban J connectivity index is 1.69. The summed E-state index contributed by atoms with van der Waals surface area (Å²) in [6.07, 6.45) is 6.29. The van der Waals surface area contributed by atoms with E-state index < -0.39 is 0 Å². The maximum atomic E-state index is 6.19. The van der Waals surface area contributed by atoms with Gasteiger partial charge in [-0.15, -0.1) is 0 Å². The van der Waals surface area contributed by atoms with Gasteiger partial charge in [-0.1, -0.05) is 12.8 Å². The summed E-state index contributed by atoms with van der Waals surface area (Å²) < 4.78 is 5.29. The van der Waals surface area contributed by atoms with Gasteiger partial charge in [-0.25, -0.2) is 4.98 Å². The predicted octanol–water partition coefficient (Wildman–Crippen LogP) is 3.22. The number of nitrogens with one attached hydrogen (secondary N) is 2. The number of rotatable bonds is 5. The molecular formula is C18H25N5O. The maximum Gasteiger partial charge on any atom is 0.224 e. The Morgan fingerprint density at radius 2 is 2.04 bits per heavy atom. The quantitative estimate of drug-likeness (QED) is 0.782. The average Bonchev–Trinajstić information content (AvgIpc) is 2.58. The van der Waals surface area contributed by atoms with E-state index in [1.54, 1.807) is 13.3 Å². The number of aryl methyl sites for hydroxylation is 1. The smallest absolute Gasteiger partial charge is 0.224 e. The number of anilines is 3. The number of ether oxygens (including phenoxy) is 1. The summed E-state index contributed by atoms with van der Waals surface area (Å²) in [5.41, 5.74) is 8.22. The Morgan fingerprint density at radius 1 is 1.21 bits per heavy atom. The molecule has 1 heterocycles. The van der Waals surface area contributed by atoms with Crippen LogP contribution < -0.4 is 21.1 Å². The number of methoxy groups -OCH3 is 1. The van der Waals surface area contributed by atoms with Gasteiger partial charge < -0.3 is 21.1 Å². The zero-order valence-corrected chi connectivity index (χ0v) is 14.2. The third-order valence-electron chi connectivity index (χ3n) is 4.46. The molecule has 1 aromatic heterocycles. The van der Waals surface area contributed by atoms with Gasteiger partial charge in [0.25, 0.3) is 0 Å². The fourth-order valence-electron chi connectivity index (χ4n) is 3.11. The zero-order valence-electron chi connectivity index (χ0n) is 14.2. The topological polar surface area (TPSA) is 85.1 Å². The van der Waals surface area contributed by atoms with Crippen LogP contribution in [0, 0.1) is 6.92 Å². The monoisotopic (exact) mass is 327 g/mol. The molecule has 0 spiro atoms. The average molecular weight is 327 g/mol. The van der Waals surface area contributed by atoms with E-state index >= 15 is 0 Å². The molecule has 6 heteroatoms. The molecule has 1 aliphatic carbocycles. The number of nitrogens with zero attached hydrogens (tertiary/aromatic N) is 2. The van der Waals surface area contributed by atoms with Gasteiger partial charge in [0, 0.05) is 24.0 Å². The summed E-state index contributed by atoms with van der Waals surface area (Å²) in [5, 5.41) is 6.69. The van der Waals surface area contributed by atoms with Crippen molar-refractivity contribution in [1.29, 1.82) is 0 Å². The number of hydrogen-bond acceptors (Lipinski definition) is 6. The van der Waals surface area contributed by atoms with E-state index in [1.165, 1.54) is 12.8 Å². The van der Waals surface area contributed by atoms with E-state index in [0.717, 1.165) is 35.7 Å². The second-order valence-electron chi connectivity index (χ2n) is 6.27. The van der Waals surface area contributed by atoms with Crippen molar-refractivity contribution in [1.82, 2.24) is 9.97 Å².